The van der Waals surface area contributed by atoms with Gasteiger partial charge in [-0.1, -0.05) is 161 Å². The first-order valence-electron chi connectivity index (χ1n) is 39.7. The molecule has 0 unspecified atom stereocenters. The number of amides is 2. The van der Waals surface area contributed by atoms with Crippen molar-refractivity contribution in [2.45, 2.75) is 107 Å². The predicted octanol–water partition coefficient (Wildman–Crippen LogP) is 16.0. The number of nitrogens with one attached hydrogen (secondary N) is 1. The van der Waals surface area contributed by atoms with Gasteiger partial charge in [-0.3, -0.25) is 4.79 Å². The number of quaternary nitrogens is 4. The van der Waals surface area contributed by atoms with Crippen LogP contribution in [-0.2, 0) is 20.9 Å². The number of piperazine rings is 4. The van der Waals surface area contributed by atoms with Crippen LogP contribution in [0.5, 0.6) is 0 Å². The summed E-state index contributed by atoms with van der Waals surface area (Å²) in [7, 11) is 20.7. The molecule has 0 spiro atoms. The number of nitrogens with zero attached hydrogens (tertiary/aromatic N) is 10. The molecule has 4 fully saturated rings. The Balaban J connectivity index is 0.000000172. The van der Waals surface area contributed by atoms with Crippen LogP contribution in [0.1, 0.15) is 50.9 Å². The largest absolute Gasteiger partial charge is 0.633 e. The second kappa shape index (κ2) is 41.9. The molecule has 2 amide bonds. The number of rotatable bonds is 24. The maximum atomic E-state index is 12.6. The summed E-state index contributed by atoms with van der Waals surface area (Å²) in [6.45, 7) is 32.6. The number of aliphatic hydroxyl groups excluding tert-OH is 1. The van der Waals surface area contributed by atoms with E-state index in [1.807, 2.05) is 66.2 Å². The number of hydroxylamine groups is 3. The molecule has 17 nitrogen and oxygen atoms in total. The van der Waals surface area contributed by atoms with Crippen molar-refractivity contribution < 1.29 is 42.3 Å². The van der Waals surface area contributed by atoms with Crippen molar-refractivity contribution in [3.63, 3.8) is 0 Å². The lowest BCUT2D eigenvalue weighted by Crippen LogP contribution is -2.53. The highest BCUT2D eigenvalue weighted by Gasteiger charge is 2.29. The van der Waals surface area contributed by atoms with Gasteiger partial charge < -0.3 is 72.6 Å². The zero-order valence-electron chi connectivity index (χ0n) is 70.1. The average Bonchev–Trinajstić information content (AvgIpc) is 0.821. The molecule has 0 bridgehead atoms. The minimum absolute atomic E-state index is 0.0542. The third-order valence-corrected chi connectivity index (χ3v) is 25.2. The van der Waals surface area contributed by atoms with Gasteiger partial charge in [0.25, 0.3) is 0 Å². The van der Waals surface area contributed by atoms with Gasteiger partial charge in [0, 0.05) is 118 Å². The van der Waals surface area contributed by atoms with Gasteiger partial charge in [0.15, 0.2) is 0 Å². The summed E-state index contributed by atoms with van der Waals surface area (Å²) in [5.74, 6) is 0.0542. The third kappa shape index (κ3) is 28.6. The van der Waals surface area contributed by atoms with Crippen molar-refractivity contribution in [3.8, 4) is 0 Å². The molecule has 12 rings (SSSR count). The second-order valence-corrected chi connectivity index (χ2v) is 37.9. The van der Waals surface area contributed by atoms with Gasteiger partial charge in [-0.25, -0.2) is 4.79 Å². The Labute approximate surface area is 688 Å². The number of likely N-dealkylation sites (N-methyl/N-ethyl adjacent to an activating group) is 4. The number of ether oxygens (including phenoxy) is 2. The van der Waals surface area contributed by atoms with E-state index in [-0.39, 0.29) is 23.1 Å². The molecule has 1 atom stereocenters. The van der Waals surface area contributed by atoms with Gasteiger partial charge in [-0.15, -0.1) is 0 Å². The van der Waals surface area contributed by atoms with Crippen LogP contribution in [0.4, 0.5) is 27.5 Å². The average molecular weight is 1600 g/mol. The van der Waals surface area contributed by atoms with Crippen molar-refractivity contribution in [1.29, 1.82) is 0 Å². The number of anilines is 4. The molecule has 0 aromatic heterocycles. The highest BCUT2D eigenvalue weighted by Crippen LogP contribution is 2.42. The van der Waals surface area contributed by atoms with E-state index in [9.17, 15) is 19.9 Å². The van der Waals surface area contributed by atoms with Crippen molar-refractivity contribution in [2.75, 3.05) is 228 Å². The minimum Gasteiger partial charge on any atom is -0.633 e. The molecule has 4 aliphatic rings. The summed E-state index contributed by atoms with van der Waals surface area (Å²) in [5.41, 5.74) is 15.4. The van der Waals surface area contributed by atoms with Crippen LogP contribution < -0.4 is 24.9 Å². The smallest absolute Gasteiger partial charge is 0.410 e. The van der Waals surface area contributed by atoms with Crippen LogP contribution in [0.25, 0.3) is 0 Å². The highest BCUT2D eigenvalue weighted by molar-refractivity contribution is 8.00. The number of hydrogen-bond acceptors (Lipinski definition) is 15. The first-order chi connectivity index (χ1) is 53.2. The lowest BCUT2D eigenvalue weighted by atomic mass is 10.1. The fourth-order valence-corrected chi connectivity index (χ4v) is 17.9. The molecule has 21 heteroatoms. The molecule has 8 aromatic carbocycles. The molecule has 112 heavy (non-hydrogen) atoms. The number of benzene rings is 8. The van der Waals surface area contributed by atoms with Crippen LogP contribution in [0.2, 0.25) is 0 Å². The molecular weight excluding hydrogens is 1470 g/mol. The first-order valence-corrected chi connectivity index (χ1v) is 43.0. The Morgan fingerprint density at radius 1 is 0.438 bits per heavy atom. The number of hydrogen-bond donors (Lipinski definition) is 2. The SMILES string of the molecule is Cc1cc(COCC[N+](C)(C)C)ccc1Sc1ccccc1N1CCNCC1.Cc1ccc(Sc2ccccc2N2CCN(C(=O)C[C@@H](O)C[N+](C)(C)C)CC2)c(C)c1.Cc1ccc(Sc2ccccc2N2CCN(C(=O)OCC[N+](C)(C)C)CC2)c(C)c1.Cc1ccc(Sc2ccccc2N2CC[N+](C)([O-])CC2)c(C)c1. The Hall–Kier alpha value is -7.22. The second-order valence-electron chi connectivity index (χ2n) is 33.5. The molecule has 0 radical (unpaired) electrons. The van der Waals surface area contributed by atoms with Crippen molar-refractivity contribution >= 4 is 81.8 Å². The third-order valence-electron chi connectivity index (χ3n) is 20.2. The summed E-state index contributed by atoms with van der Waals surface area (Å²) < 4.78 is 13.6. The maximum Gasteiger partial charge on any atom is 0.410 e. The molecule has 604 valence electrons. The van der Waals surface area contributed by atoms with Crippen LogP contribution in [0.15, 0.2) is 209 Å². The van der Waals surface area contributed by atoms with E-state index in [2.05, 4.69) is 286 Å². The minimum atomic E-state index is -0.597. The molecule has 8 aromatic rings. The standard InChI is InChI=1S/C25H36N3O2S.C24H34N3O2S.C23H34N3OS.C19H24N2OS/c1-19-10-11-23(20(2)16-19)31-24-9-7-6-8-22(24)26-12-14-27(15-13-26)25(30)17-21(29)18-28(3,4)5;1-19-10-11-22(20(2)18-19)30-23-9-7-6-8-21(23)25-12-14-26(15-13-25)24(28)29-17-16-27(3,4)5;1-19-17-20(18-27-16-15-26(2,3)4)9-10-22(19)28-23-8-6-5-7-21(23)25-13-11-24-12-14-25;1-15-8-9-18(16(2)14-15)23-19-7-5-4-6-17(19)20-10-12-21(3,22)13-11-20/h6-11,16,21,29H,12-15,17-18H2,1-5H3;6-11,18H,12-17H2,1-5H3;5-10,17,24H,11-16,18H2,1-4H3;4-9,14H,10-13H2,1-3H3/q3*+1;/t21-;;;/m1.../s1. The Kier molecular flexibility index (Phi) is 33.2. The molecule has 0 aliphatic carbocycles. The van der Waals surface area contributed by atoms with Gasteiger partial charge in [-0.05, 0) is 149 Å². The number of carbonyl (C=O) groups excluding carboxylic acids is 2. The van der Waals surface area contributed by atoms with Crippen LogP contribution in [0, 0.1) is 53.7 Å². The molecule has 4 aliphatic heterocycles. The van der Waals surface area contributed by atoms with E-state index in [0.29, 0.717) is 63.5 Å². The van der Waals surface area contributed by atoms with E-state index >= 15 is 0 Å². The van der Waals surface area contributed by atoms with Gasteiger partial charge in [0.1, 0.15) is 32.3 Å². The van der Waals surface area contributed by atoms with E-state index < -0.39 is 6.10 Å². The van der Waals surface area contributed by atoms with E-state index in [4.69, 9.17) is 9.47 Å². The number of carbonyl (C=O) groups is 2. The molecule has 4 heterocycles. The zero-order chi connectivity index (χ0) is 80.8. The molecule has 2 N–H and O–H groups in total. The van der Waals surface area contributed by atoms with Gasteiger partial charge in [0.05, 0.1) is 139 Å². The van der Waals surface area contributed by atoms with Gasteiger partial charge in [0.2, 0.25) is 5.91 Å². The zero-order valence-corrected chi connectivity index (χ0v) is 73.4. The topological polar surface area (TPSA) is 127 Å². The van der Waals surface area contributed by atoms with E-state index in [1.54, 1.807) is 18.8 Å². The molecular formula is C91H128N11O6S4+3. The number of para-hydroxylation sites is 4. The molecule has 4 saturated heterocycles. The quantitative estimate of drug-likeness (QED) is 0.0338. The lowest BCUT2D eigenvalue weighted by molar-refractivity contribution is -0.873. The van der Waals surface area contributed by atoms with E-state index in [0.717, 1.165) is 94.1 Å². The normalized spacial score (nSPS) is 15.6. The van der Waals surface area contributed by atoms with E-state index in [1.165, 1.54) is 106 Å². The molecule has 0 saturated carbocycles. The summed E-state index contributed by atoms with van der Waals surface area (Å²) >= 11 is 7.31. The summed E-state index contributed by atoms with van der Waals surface area (Å²) in [6.07, 6.45) is -0.587. The van der Waals surface area contributed by atoms with Gasteiger partial charge in [-0.2, -0.15) is 0 Å². The summed E-state index contributed by atoms with van der Waals surface area (Å²) in [6, 6.07) is 60.9. The van der Waals surface area contributed by atoms with Crippen LogP contribution in [-0.4, -0.2) is 259 Å². The Morgan fingerprint density at radius 3 is 1.16 bits per heavy atom. The predicted molar refractivity (Wildman–Crippen MR) is 471 cm³/mol. The fourth-order valence-electron chi connectivity index (χ4n) is 13.8. The maximum absolute atomic E-state index is 12.6. The fraction of sp³-hybridized carbons (Fsp3) is 0.451. The number of aryl methyl sites for hydroxylation is 7. The lowest BCUT2D eigenvalue weighted by Gasteiger charge is -2.46. The van der Waals surface area contributed by atoms with Crippen LogP contribution >= 0.6 is 47.0 Å². The monoisotopic (exact) mass is 1600 g/mol. The first kappa shape index (κ1) is 88.7. The highest BCUT2D eigenvalue weighted by atomic mass is 32.2. The van der Waals surface area contributed by atoms with Crippen molar-refractivity contribution in [3.05, 3.63) is 220 Å². The number of aliphatic hydroxyl groups is 1. The van der Waals surface area contributed by atoms with Crippen molar-refractivity contribution in [1.82, 2.24) is 15.1 Å². The Morgan fingerprint density at radius 2 is 0.786 bits per heavy atom. The summed E-state index contributed by atoms with van der Waals surface area (Å²) in [4.78, 5) is 48.6. The van der Waals surface area contributed by atoms with Crippen LogP contribution in [0.3, 0.4) is 0 Å². The Bertz CT molecular complexity index is 4320. The van der Waals surface area contributed by atoms with Crippen molar-refractivity contribution in [2.24, 2.45) is 0 Å². The summed E-state index contributed by atoms with van der Waals surface area (Å²) in [5, 5.41) is 25.8. The van der Waals surface area contributed by atoms with Gasteiger partial charge >= 0.3 is 6.09 Å².